The second kappa shape index (κ2) is 10.0. The number of carboxylic acid groups (broad SMARTS) is 1. The number of ether oxygens (including phenoxy) is 3. The fraction of sp³-hybridized carbons (Fsp3) is 0.367. The molecule has 5 heteroatoms. The van der Waals surface area contributed by atoms with Crippen LogP contribution in [0, 0.1) is 6.92 Å². The maximum atomic E-state index is 11.1. The molecule has 35 heavy (non-hydrogen) atoms. The molecule has 0 bridgehead atoms. The first-order valence-corrected chi connectivity index (χ1v) is 12.5. The normalized spacial score (nSPS) is 15.5. The van der Waals surface area contributed by atoms with Gasteiger partial charge in [0.1, 0.15) is 23.9 Å². The van der Waals surface area contributed by atoms with Crippen LogP contribution < -0.4 is 14.2 Å². The number of aryl methyl sites for hydroxylation is 1. The van der Waals surface area contributed by atoms with Crippen LogP contribution >= 0.6 is 0 Å². The second-order valence-electron chi connectivity index (χ2n) is 9.52. The van der Waals surface area contributed by atoms with Crippen molar-refractivity contribution in [3.63, 3.8) is 0 Å². The molecule has 0 amide bonds. The van der Waals surface area contributed by atoms with Crippen molar-refractivity contribution in [3.05, 3.63) is 76.3 Å². The van der Waals surface area contributed by atoms with Crippen LogP contribution in [-0.4, -0.2) is 24.3 Å². The van der Waals surface area contributed by atoms with Crippen LogP contribution in [0.5, 0.6) is 17.2 Å². The van der Waals surface area contributed by atoms with E-state index in [0.29, 0.717) is 13.2 Å². The highest BCUT2D eigenvalue weighted by Gasteiger charge is 2.27. The van der Waals surface area contributed by atoms with Crippen molar-refractivity contribution >= 4 is 5.97 Å². The average molecular weight is 473 g/mol. The molecule has 2 aliphatic rings. The van der Waals surface area contributed by atoms with Crippen molar-refractivity contribution in [2.45, 2.75) is 58.5 Å². The fourth-order valence-corrected chi connectivity index (χ4v) is 5.08. The van der Waals surface area contributed by atoms with Gasteiger partial charge in [0.05, 0.1) is 19.6 Å². The van der Waals surface area contributed by atoms with E-state index in [0.717, 1.165) is 60.7 Å². The minimum Gasteiger partial charge on any atom is -0.493 e. The lowest BCUT2D eigenvalue weighted by molar-refractivity contribution is -0.137. The van der Waals surface area contributed by atoms with E-state index in [1.165, 1.54) is 27.8 Å². The Morgan fingerprint density at radius 3 is 2.71 bits per heavy atom. The van der Waals surface area contributed by atoms with Gasteiger partial charge >= 0.3 is 5.97 Å². The Balaban J connectivity index is 1.30. The first-order chi connectivity index (χ1) is 17.0. The molecule has 3 aromatic carbocycles. The Bertz CT molecular complexity index is 1250. The summed E-state index contributed by atoms with van der Waals surface area (Å²) in [5, 5.41) is 9.09. The molecule has 5 nitrogen and oxygen atoms in total. The number of unbranched alkanes of at least 4 members (excludes halogenated alkanes) is 1. The molecule has 5 rings (SSSR count). The molecular formula is C30H32O5. The van der Waals surface area contributed by atoms with Crippen molar-refractivity contribution in [2.24, 2.45) is 0 Å². The number of carboxylic acids is 1. The lowest BCUT2D eigenvalue weighted by atomic mass is 9.79. The zero-order chi connectivity index (χ0) is 24.4. The maximum Gasteiger partial charge on any atom is 0.304 e. The Morgan fingerprint density at radius 1 is 1.09 bits per heavy atom. The third kappa shape index (κ3) is 4.86. The Labute approximate surface area is 206 Å². The van der Waals surface area contributed by atoms with Crippen LogP contribution in [0.2, 0.25) is 0 Å². The smallest absolute Gasteiger partial charge is 0.304 e. The van der Waals surface area contributed by atoms with Gasteiger partial charge in [-0.2, -0.15) is 0 Å². The molecule has 182 valence electrons. The van der Waals surface area contributed by atoms with Crippen molar-refractivity contribution in [3.8, 4) is 28.4 Å². The van der Waals surface area contributed by atoms with Crippen LogP contribution in [0.4, 0.5) is 0 Å². The van der Waals surface area contributed by atoms with E-state index < -0.39 is 5.97 Å². The molecule has 0 fully saturated rings. The monoisotopic (exact) mass is 472 g/mol. The zero-order valence-corrected chi connectivity index (χ0v) is 20.4. The fourth-order valence-electron chi connectivity index (χ4n) is 5.08. The van der Waals surface area contributed by atoms with Gasteiger partial charge in [0.25, 0.3) is 0 Å². The number of aliphatic carboxylic acids is 1. The van der Waals surface area contributed by atoms with E-state index in [4.69, 9.17) is 19.3 Å². The van der Waals surface area contributed by atoms with Crippen molar-refractivity contribution in [2.75, 3.05) is 13.2 Å². The van der Waals surface area contributed by atoms with Gasteiger partial charge in [0, 0.05) is 17.5 Å². The molecular weight excluding hydrogens is 440 g/mol. The third-order valence-corrected chi connectivity index (χ3v) is 6.99. The van der Waals surface area contributed by atoms with Crippen molar-refractivity contribution in [1.82, 2.24) is 0 Å². The lowest BCUT2D eigenvalue weighted by Gasteiger charge is -2.28. The molecule has 3 aromatic rings. The average Bonchev–Trinajstić information content (AvgIpc) is 3.21. The lowest BCUT2D eigenvalue weighted by Crippen LogP contribution is -2.14. The van der Waals surface area contributed by atoms with E-state index in [1.807, 2.05) is 18.2 Å². The number of rotatable bonds is 10. The molecule has 1 aliphatic heterocycles. The molecule has 1 heterocycles. The Hall–Kier alpha value is -3.47. The first kappa shape index (κ1) is 23.3. The van der Waals surface area contributed by atoms with Crippen LogP contribution in [0.25, 0.3) is 11.1 Å². The molecule has 0 saturated carbocycles. The number of hydrogen-bond acceptors (Lipinski definition) is 4. The highest BCUT2D eigenvalue weighted by molar-refractivity contribution is 5.76. The predicted molar refractivity (Wildman–Crippen MR) is 136 cm³/mol. The summed E-state index contributed by atoms with van der Waals surface area (Å²) in [5.74, 6) is 1.59. The minimum atomic E-state index is -0.810. The second-order valence-corrected chi connectivity index (χ2v) is 9.52. The van der Waals surface area contributed by atoms with E-state index in [9.17, 15) is 4.79 Å². The van der Waals surface area contributed by atoms with Gasteiger partial charge < -0.3 is 19.3 Å². The van der Waals surface area contributed by atoms with Crippen LogP contribution in [-0.2, 0) is 24.2 Å². The SMILES string of the molecule is CCCCOc1cc(C)c(-c2cccc(COc3ccc4c(c3)OC[C@H]4CC(=O)O)c2)c2c1CC2. The molecule has 0 spiro atoms. The zero-order valence-electron chi connectivity index (χ0n) is 20.4. The first-order valence-electron chi connectivity index (χ1n) is 12.5. The highest BCUT2D eigenvalue weighted by Crippen LogP contribution is 2.42. The largest absolute Gasteiger partial charge is 0.493 e. The topological polar surface area (TPSA) is 65.0 Å². The van der Waals surface area contributed by atoms with E-state index >= 15 is 0 Å². The van der Waals surface area contributed by atoms with Crippen LogP contribution in [0.15, 0.2) is 48.5 Å². The molecule has 0 unspecified atom stereocenters. The van der Waals surface area contributed by atoms with Gasteiger partial charge in [-0.3, -0.25) is 4.79 Å². The van der Waals surface area contributed by atoms with Crippen LogP contribution in [0.1, 0.15) is 59.9 Å². The minimum absolute atomic E-state index is 0.0783. The summed E-state index contributed by atoms with van der Waals surface area (Å²) in [7, 11) is 0. The predicted octanol–water partition coefficient (Wildman–Crippen LogP) is 6.47. The molecule has 0 saturated heterocycles. The summed E-state index contributed by atoms with van der Waals surface area (Å²) in [5.41, 5.74) is 8.61. The van der Waals surface area contributed by atoms with Gasteiger partial charge in [0.15, 0.2) is 0 Å². The highest BCUT2D eigenvalue weighted by atomic mass is 16.5. The van der Waals surface area contributed by atoms with Crippen molar-refractivity contribution < 1.29 is 24.1 Å². The van der Waals surface area contributed by atoms with Crippen LogP contribution in [0.3, 0.4) is 0 Å². The summed E-state index contributed by atoms with van der Waals surface area (Å²) >= 11 is 0. The summed E-state index contributed by atoms with van der Waals surface area (Å²) in [6.07, 6.45) is 4.47. The number of carbonyl (C=O) groups is 1. The quantitative estimate of drug-likeness (QED) is 0.343. The molecule has 0 radical (unpaired) electrons. The van der Waals surface area contributed by atoms with Gasteiger partial charge in [-0.1, -0.05) is 37.6 Å². The third-order valence-electron chi connectivity index (χ3n) is 6.99. The van der Waals surface area contributed by atoms with Gasteiger partial charge in [-0.15, -0.1) is 0 Å². The number of fused-ring (bicyclic) bond motifs is 2. The van der Waals surface area contributed by atoms with Gasteiger partial charge in [-0.05, 0) is 77.8 Å². The molecule has 1 N–H and O–H groups in total. The Morgan fingerprint density at radius 2 is 1.94 bits per heavy atom. The Kier molecular flexibility index (Phi) is 6.67. The molecule has 1 atom stereocenters. The van der Waals surface area contributed by atoms with E-state index in [1.54, 1.807) is 0 Å². The number of benzene rings is 3. The summed E-state index contributed by atoms with van der Waals surface area (Å²) < 4.78 is 17.9. The standard InChI is InChI=1S/C30H32O5/c1-3-4-12-33-27-13-19(2)30(26-11-10-25(26)27)21-7-5-6-20(14-21)17-34-23-8-9-24-22(15-29(31)32)18-35-28(24)16-23/h5-9,13-14,16,22H,3-4,10-12,15,17-18H2,1-2H3,(H,31,32)/t22-/m1/s1. The summed E-state index contributed by atoms with van der Waals surface area (Å²) in [6, 6.07) is 16.5. The summed E-state index contributed by atoms with van der Waals surface area (Å²) in [4.78, 5) is 11.1. The van der Waals surface area contributed by atoms with Gasteiger partial charge in [0.2, 0.25) is 0 Å². The molecule has 0 aromatic heterocycles. The molecule has 1 aliphatic carbocycles. The summed E-state index contributed by atoms with van der Waals surface area (Å²) in [6.45, 7) is 5.99. The number of hydrogen-bond donors (Lipinski definition) is 1. The van der Waals surface area contributed by atoms with Crippen molar-refractivity contribution in [1.29, 1.82) is 0 Å². The van der Waals surface area contributed by atoms with E-state index in [-0.39, 0.29) is 12.3 Å². The maximum absolute atomic E-state index is 11.1. The van der Waals surface area contributed by atoms with Gasteiger partial charge in [-0.25, -0.2) is 0 Å². The van der Waals surface area contributed by atoms with E-state index in [2.05, 4.69) is 44.2 Å².